The summed E-state index contributed by atoms with van der Waals surface area (Å²) in [6.07, 6.45) is 14.1. The van der Waals surface area contributed by atoms with Crippen LogP contribution in [0.3, 0.4) is 0 Å². The quantitative estimate of drug-likeness (QED) is 0.210. The molecule has 6 aliphatic rings. The minimum absolute atomic E-state index is 0.0989. The van der Waals surface area contributed by atoms with Crippen molar-refractivity contribution in [3.63, 3.8) is 0 Å². The zero-order valence-electron chi connectivity index (χ0n) is 35.4. The van der Waals surface area contributed by atoms with Gasteiger partial charge in [0.1, 0.15) is 17.4 Å². The first-order chi connectivity index (χ1) is 27.9. The van der Waals surface area contributed by atoms with Crippen molar-refractivity contribution >= 4 is 40.8 Å². The van der Waals surface area contributed by atoms with Gasteiger partial charge in [0.25, 0.3) is 0 Å². The summed E-state index contributed by atoms with van der Waals surface area (Å²) in [5.41, 5.74) is 5.01. The number of carbonyl (C=O) groups excluding carboxylic acids is 3. The van der Waals surface area contributed by atoms with Gasteiger partial charge in [-0.1, -0.05) is 18.6 Å². The first-order valence-electron chi connectivity index (χ1n) is 22.4. The number of carbonyl (C=O) groups is 3. The highest BCUT2D eigenvalue weighted by Crippen LogP contribution is 2.52. The summed E-state index contributed by atoms with van der Waals surface area (Å²) in [6.45, 7) is 15.8. The molecule has 1 atom stereocenters. The molecule has 2 aliphatic carbocycles. The Hall–Kier alpha value is -4.03. The highest BCUT2D eigenvalue weighted by molar-refractivity contribution is 6.09. The second-order valence-corrected chi connectivity index (χ2v) is 19.7. The van der Waals surface area contributed by atoms with E-state index in [0.717, 1.165) is 110 Å². The molecule has 58 heavy (non-hydrogen) atoms. The van der Waals surface area contributed by atoms with Gasteiger partial charge in [0.2, 0.25) is 5.91 Å². The lowest BCUT2D eigenvalue weighted by Gasteiger charge is -2.48. The number of imidazole rings is 1. The molecule has 3 saturated heterocycles. The molecule has 1 unspecified atom stereocenters. The Bertz CT molecular complexity index is 2010. The Morgan fingerprint density at radius 1 is 0.966 bits per heavy atom. The number of benzene rings is 1. The molecule has 0 radical (unpaired) electrons. The fourth-order valence-electron chi connectivity index (χ4n) is 10.6. The van der Waals surface area contributed by atoms with Crippen LogP contribution in [0.1, 0.15) is 117 Å². The number of hydrogen-bond acceptors (Lipinski definition) is 9. The molecule has 2 aromatic heterocycles. The number of rotatable bonds is 10. The van der Waals surface area contributed by atoms with Gasteiger partial charge >= 0.3 is 6.09 Å². The van der Waals surface area contributed by atoms with Crippen LogP contribution >= 0.6 is 0 Å². The maximum Gasteiger partial charge on any atom is 0.410 e. The van der Waals surface area contributed by atoms with E-state index in [1.165, 1.54) is 32.4 Å². The Kier molecular flexibility index (Phi) is 10.6. The molecule has 2 saturated carbocycles. The molecule has 2 amide bonds. The number of nitrogens with zero attached hydrogens (tertiary/aromatic N) is 7. The van der Waals surface area contributed by atoms with Gasteiger partial charge in [-0.2, -0.15) is 0 Å². The Morgan fingerprint density at radius 3 is 2.34 bits per heavy atom. The zero-order chi connectivity index (χ0) is 40.3. The van der Waals surface area contributed by atoms with Crippen LogP contribution in [0, 0.1) is 11.8 Å². The summed E-state index contributed by atoms with van der Waals surface area (Å²) in [5.74, 6) is 1.29. The van der Waals surface area contributed by atoms with Crippen molar-refractivity contribution in [3.05, 3.63) is 36.2 Å². The van der Waals surface area contributed by atoms with E-state index in [2.05, 4.69) is 62.7 Å². The minimum atomic E-state index is -0.567. The van der Waals surface area contributed by atoms with Crippen molar-refractivity contribution < 1.29 is 19.1 Å². The SMILES string of the molecule is CC(C)n1cnc2cc(-c3ccc4c(c3)N([C@H]3C[C@@H](N5CCCCC5)C3)C(=O)C43CCN(CC(C=O)C4CCN(C(=O)OC(C)(C)C)CC4)CC3)nc(NC3CC3)c21. The molecule has 6 heterocycles. The Balaban J connectivity index is 0.951. The maximum atomic E-state index is 15.1. The highest BCUT2D eigenvalue weighted by Gasteiger charge is 2.55. The second kappa shape index (κ2) is 15.5. The lowest BCUT2D eigenvalue weighted by Crippen LogP contribution is -2.58. The smallest absolute Gasteiger partial charge is 0.410 e. The van der Waals surface area contributed by atoms with E-state index in [1.54, 1.807) is 4.90 Å². The number of ether oxygens (including phenoxy) is 1. The number of fused-ring (bicyclic) bond motifs is 3. The van der Waals surface area contributed by atoms with Gasteiger partial charge in [0.05, 0.1) is 23.0 Å². The van der Waals surface area contributed by atoms with Crippen LogP contribution in [0.5, 0.6) is 0 Å². The second-order valence-electron chi connectivity index (χ2n) is 19.7. The van der Waals surface area contributed by atoms with E-state index in [0.29, 0.717) is 31.7 Å². The van der Waals surface area contributed by atoms with E-state index in [9.17, 15) is 9.59 Å². The average Bonchev–Trinajstić information content (AvgIpc) is 3.85. The molecule has 0 bridgehead atoms. The summed E-state index contributed by atoms with van der Waals surface area (Å²) >= 11 is 0. The monoisotopic (exact) mass is 793 g/mol. The van der Waals surface area contributed by atoms with Crippen LogP contribution in [-0.2, 0) is 19.7 Å². The van der Waals surface area contributed by atoms with Crippen LogP contribution in [0.4, 0.5) is 16.3 Å². The molecule has 1 aromatic carbocycles. The number of hydrogen-bond donors (Lipinski definition) is 1. The summed E-state index contributed by atoms with van der Waals surface area (Å²) < 4.78 is 7.81. The molecule has 3 aromatic rings. The van der Waals surface area contributed by atoms with Gasteiger partial charge in [-0.25, -0.2) is 14.8 Å². The topological polar surface area (TPSA) is 116 Å². The van der Waals surface area contributed by atoms with Crippen molar-refractivity contribution in [2.75, 3.05) is 56.0 Å². The third-order valence-corrected chi connectivity index (χ3v) is 14.2. The average molecular weight is 793 g/mol. The van der Waals surface area contributed by atoms with Crippen LogP contribution in [0.15, 0.2) is 30.6 Å². The van der Waals surface area contributed by atoms with Crippen LogP contribution in [0.25, 0.3) is 22.3 Å². The van der Waals surface area contributed by atoms with Gasteiger partial charge < -0.3 is 39.0 Å². The number of aromatic nitrogens is 3. The van der Waals surface area contributed by atoms with Crippen molar-refractivity contribution in [3.8, 4) is 11.3 Å². The van der Waals surface area contributed by atoms with Gasteiger partial charge in [-0.05, 0) is 149 Å². The number of nitrogens with one attached hydrogen (secondary N) is 1. The normalized spacial score (nSPS) is 25.0. The van der Waals surface area contributed by atoms with Crippen LogP contribution in [0.2, 0.25) is 0 Å². The van der Waals surface area contributed by atoms with E-state index in [1.807, 2.05) is 27.1 Å². The third kappa shape index (κ3) is 7.52. The van der Waals surface area contributed by atoms with Gasteiger partial charge in [-0.3, -0.25) is 4.79 Å². The zero-order valence-corrected chi connectivity index (χ0v) is 35.4. The molecular formula is C46H64N8O4. The number of amides is 2. The minimum Gasteiger partial charge on any atom is -0.444 e. The van der Waals surface area contributed by atoms with Crippen molar-refractivity contribution in [1.29, 1.82) is 0 Å². The number of likely N-dealkylation sites (tertiary alicyclic amines) is 3. The molecule has 12 heteroatoms. The van der Waals surface area contributed by atoms with Crippen molar-refractivity contribution in [2.45, 2.75) is 140 Å². The van der Waals surface area contributed by atoms with E-state index in [-0.39, 0.29) is 35.9 Å². The van der Waals surface area contributed by atoms with Crippen molar-refractivity contribution in [2.24, 2.45) is 11.8 Å². The van der Waals surface area contributed by atoms with Gasteiger partial charge in [-0.15, -0.1) is 0 Å². The fourth-order valence-corrected chi connectivity index (χ4v) is 10.6. The molecule has 5 fully saturated rings. The largest absolute Gasteiger partial charge is 0.444 e. The molecule has 4 aliphatic heterocycles. The number of piperidine rings is 3. The Morgan fingerprint density at radius 2 is 1.69 bits per heavy atom. The first kappa shape index (κ1) is 39.4. The van der Waals surface area contributed by atoms with E-state index >= 15 is 4.79 Å². The number of anilines is 2. The molecule has 312 valence electrons. The summed E-state index contributed by atoms with van der Waals surface area (Å²) in [7, 11) is 0. The lowest BCUT2D eigenvalue weighted by atomic mass is 9.73. The van der Waals surface area contributed by atoms with Crippen LogP contribution < -0.4 is 10.2 Å². The lowest BCUT2D eigenvalue weighted by molar-refractivity contribution is -0.126. The van der Waals surface area contributed by atoms with Crippen LogP contribution in [-0.4, -0.2) is 117 Å². The van der Waals surface area contributed by atoms with Crippen molar-refractivity contribution in [1.82, 2.24) is 29.2 Å². The molecule has 9 rings (SSSR count). The Labute approximate surface area is 344 Å². The number of aldehydes is 1. The van der Waals surface area contributed by atoms with E-state index < -0.39 is 11.0 Å². The fraction of sp³-hybridized carbons (Fsp3) is 0.674. The van der Waals surface area contributed by atoms with Gasteiger partial charge in [0, 0.05) is 61.0 Å². The van der Waals surface area contributed by atoms with E-state index in [4.69, 9.17) is 14.7 Å². The summed E-state index contributed by atoms with van der Waals surface area (Å²) in [4.78, 5) is 59.5. The first-order valence-corrected chi connectivity index (χ1v) is 22.4. The highest BCUT2D eigenvalue weighted by atomic mass is 16.6. The molecule has 1 N–H and O–H groups in total. The third-order valence-electron chi connectivity index (χ3n) is 14.2. The molecule has 12 nitrogen and oxygen atoms in total. The standard InChI is InChI=1S/C46H64N8O4/c1-30(2)53-29-47-39-26-38(49-42(41(39)53)48-34-10-11-34)32-9-12-37-40(23-32)54(36-24-35(25-36)51-17-7-6-8-18-51)43(56)46(37)15-21-50(22-16-46)27-33(28-55)31-13-19-52(20-14-31)44(57)58-45(3,4)5/h9,12,23,26,28-31,33-36H,6-8,10-11,13-22,24-25,27H2,1-5H3,(H,48,49)/t33?,35-,36+. The summed E-state index contributed by atoms with van der Waals surface area (Å²) in [5, 5.41) is 3.71. The maximum absolute atomic E-state index is 15.1. The molecule has 1 spiro atoms. The summed E-state index contributed by atoms with van der Waals surface area (Å²) in [6, 6.07) is 10.2. The predicted molar refractivity (Wildman–Crippen MR) is 227 cm³/mol. The predicted octanol–water partition coefficient (Wildman–Crippen LogP) is 7.41. The van der Waals surface area contributed by atoms with Gasteiger partial charge in [0.15, 0.2) is 5.82 Å². The number of pyridine rings is 1. The molecular weight excluding hydrogens is 729 g/mol.